The van der Waals surface area contributed by atoms with Crippen LogP contribution in [0.5, 0.6) is 0 Å². The molecule has 2 fully saturated rings. The Morgan fingerprint density at radius 2 is 2.09 bits per heavy atom. The minimum atomic E-state index is -0.359. The van der Waals surface area contributed by atoms with E-state index in [1.54, 1.807) is 0 Å². The van der Waals surface area contributed by atoms with Crippen LogP contribution in [0.3, 0.4) is 0 Å². The summed E-state index contributed by atoms with van der Waals surface area (Å²) in [4.78, 5) is 12.3. The Morgan fingerprint density at radius 3 is 2.70 bits per heavy atom. The van der Waals surface area contributed by atoms with Crippen molar-refractivity contribution in [1.29, 1.82) is 0 Å². The third-order valence-electron chi connectivity index (χ3n) is 5.83. The number of carbonyl (C=O) groups excluding carboxylic acids is 1. The summed E-state index contributed by atoms with van der Waals surface area (Å²) in [6.07, 6.45) is 14.0. The van der Waals surface area contributed by atoms with E-state index in [-0.39, 0.29) is 23.0 Å². The zero-order valence-corrected chi connectivity index (χ0v) is 14.0. The van der Waals surface area contributed by atoms with E-state index >= 15 is 0 Å². The Balaban J connectivity index is 1.46. The summed E-state index contributed by atoms with van der Waals surface area (Å²) in [5, 5.41) is 11.4. The van der Waals surface area contributed by atoms with Gasteiger partial charge in [-0.3, -0.25) is 4.79 Å². The molecular formula is C18H27N3O2. The zero-order chi connectivity index (χ0) is 16.3. The largest absolute Gasteiger partial charge is 0.378 e. The molecule has 2 aliphatic carbocycles. The number of hydrogen-bond donors (Lipinski definition) is 1. The predicted molar refractivity (Wildman–Crippen MR) is 87.8 cm³/mol. The smallest absolute Gasteiger partial charge is 0.220 e. The van der Waals surface area contributed by atoms with Crippen LogP contribution in [0.15, 0.2) is 10.2 Å². The highest BCUT2D eigenvalue weighted by molar-refractivity contribution is 5.76. The molecule has 0 radical (unpaired) electrons. The number of ether oxygens (including phenoxy) is 1. The standard InChI is InChI=1S/C18H27N3O2/c1-3-5-11-18(20-21-18)12-8-16(22)19-14-13-15(23-4-2)17(14)9-6-7-10-17/h1,14-15H,4-13H2,2H3,(H,19,22). The molecule has 5 heteroatoms. The molecule has 1 amide bonds. The monoisotopic (exact) mass is 317 g/mol. The van der Waals surface area contributed by atoms with Gasteiger partial charge in [0, 0.05) is 43.7 Å². The second kappa shape index (κ2) is 6.60. The second-order valence-corrected chi connectivity index (χ2v) is 7.13. The van der Waals surface area contributed by atoms with E-state index in [4.69, 9.17) is 11.2 Å². The number of amides is 1. The van der Waals surface area contributed by atoms with Crippen molar-refractivity contribution in [3.63, 3.8) is 0 Å². The lowest BCUT2D eigenvalue weighted by atomic mass is 9.60. The lowest BCUT2D eigenvalue weighted by Gasteiger charge is -2.54. The van der Waals surface area contributed by atoms with E-state index < -0.39 is 0 Å². The molecule has 2 atom stereocenters. The summed E-state index contributed by atoms with van der Waals surface area (Å²) in [5.41, 5.74) is -0.163. The van der Waals surface area contributed by atoms with Crippen molar-refractivity contribution in [2.75, 3.05) is 6.61 Å². The van der Waals surface area contributed by atoms with Gasteiger partial charge in [-0.1, -0.05) is 12.8 Å². The van der Waals surface area contributed by atoms with Gasteiger partial charge in [0.05, 0.1) is 6.10 Å². The van der Waals surface area contributed by atoms with Crippen LogP contribution < -0.4 is 5.32 Å². The highest BCUT2D eigenvalue weighted by atomic mass is 16.5. The second-order valence-electron chi connectivity index (χ2n) is 7.13. The molecule has 1 N–H and O–H groups in total. The molecule has 5 nitrogen and oxygen atoms in total. The van der Waals surface area contributed by atoms with E-state index in [2.05, 4.69) is 21.5 Å². The van der Waals surface area contributed by atoms with E-state index in [9.17, 15) is 4.79 Å². The molecule has 0 saturated heterocycles. The molecule has 0 aromatic carbocycles. The quantitative estimate of drug-likeness (QED) is 0.699. The first-order valence-corrected chi connectivity index (χ1v) is 8.93. The Bertz CT molecular complexity index is 511. The van der Waals surface area contributed by atoms with Crippen LogP contribution in [0, 0.1) is 17.8 Å². The minimum absolute atomic E-state index is 0.119. The maximum atomic E-state index is 12.3. The lowest BCUT2D eigenvalue weighted by molar-refractivity contribution is -0.144. The zero-order valence-electron chi connectivity index (χ0n) is 14.0. The highest BCUT2D eigenvalue weighted by Crippen LogP contribution is 2.54. The SMILES string of the molecule is C#CCCC1(CCC(=O)NC2CC(OCC)C23CCCC3)N=N1. The molecule has 3 aliphatic rings. The van der Waals surface area contributed by atoms with Crippen LogP contribution in [-0.2, 0) is 9.53 Å². The van der Waals surface area contributed by atoms with Gasteiger partial charge in [0.15, 0.2) is 5.66 Å². The number of carbonyl (C=O) groups is 1. The first-order chi connectivity index (χ1) is 11.1. The summed E-state index contributed by atoms with van der Waals surface area (Å²) >= 11 is 0. The van der Waals surface area contributed by atoms with Gasteiger partial charge < -0.3 is 10.1 Å². The van der Waals surface area contributed by atoms with Crippen molar-refractivity contribution in [2.45, 2.75) is 82.5 Å². The van der Waals surface area contributed by atoms with Crippen molar-refractivity contribution >= 4 is 5.91 Å². The van der Waals surface area contributed by atoms with Crippen molar-refractivity contribution in [1.82, 2.24) is 5.32 Å². The van der Waals surface area contributed by atoms with E-state index in [1.807, 2.05) is 6.92 Å². The fraction of sp³-hybridized carbons (Fsp3) is 0.833. The molecular weight excluding hydrogens is 290 g/mol. The number of hydrogen-bond acceptors (Lipinski definition) is 4. The average Bonchev–Trinajstić information content (AvgIpc) is 3.11. The van der Waals surface area contributed by atoms with Crippen molar-refractivity contribution in [3.8, 4) is 12.3 Å². The summed E-state index contributed by atoms with van der Waals surface area (Å²) < 4.78 is 5.90. The molecule has 2 unspecified atom stereocenters. The van der Waals surface area contributed by atoms with Crippen LogP contribution in [0.25, 0.3) is 0 Å². The summed E-state index contributed by atoms with van der Waals surface area (Å²) in [6.45, 7) is 2.81. The first-order valence-electron chi connectivity index (χ1n) is 8.93. The van der Waals surface area contributed by atoms with Crippen LogP contribution in [-0.4, -0.2) is 30.3 Å². The molecule has 0 bridgehead atoms. The Kier molecular flexibility index (Phi) is 4.72. The highest BCUT2D eigenvalue weighted by Gasteiger charge is 2.57. The molecule has 3 rings (SSSR count). The number of terminal acetylenes is 1. The minimum Gasteiger partial charge on any atom is -0.378 e. The number of rotatable bonds is 8. The van der Waals surface area contributed by atoms with Crippen molar-refractivity contribution < 1.29 is 9.53 Å². The molecule has 2 saturated carbocycles. The van der Waals surface area contributed by atoms with Crippen LogP contribution >= 0.6 is 0 Å². The fourth-order valence-corrected chi connectivity index (χ4v) is 4.34. The van der Waals surface area contributed by atoms with Gasteiger partial charge in [-0.15, -0.1) is 12.3 Å². The van der Waals surface area contributed by atoms with Crippen molar-refractivity contribution in [2.24, 2.45) is 15.6 Å². The topological polar surface area (TPSA) is 63.0 Å². The van der Waals surface area contributed by atoms with Gasteiger partial charge in [-0.2, -0.15) is 10.2 Å². The normalized spacial score (nSPS) is 29.0. The third-order valence-corrected chi connectivity index (χ3v) is 5.83. The Morgan fingerprint density at radius 1 is 1.35 bits per heavy atom. The molecule has 0 aromatic rings. The van der Waals surface area contributed by atoms with E-state index in [0.29, 0.717) is 25.4 Å². The Labute approximate surface area is 138 Å². The van der Waals surface area contributed by atoms with Gasteiger partial charge >= 0.3 is 0 Å². The predicted octanol–water partition coefficient (Wildman–Crippen LogP) is 3.20. The molecule has 1 spiro atoms. The van der Waals surface area contributed by atoms with Gasteiger partial charge in [0.2, 0.25) is 5.91 Å². The first kappa shape index (κ1) is 16.4. The third kappa shape index (κ3) is 3.28. The van der Waals surface area contributed by atoms with Gasteiger partial charge in [0.25, 0.3) is 0 Å². The summed E-state index contributed by atoms with van der Waals surface area (Å²) in [6, 6.07) is 0.281. The van der Waals surface area contributed by atoms with Crippen LogP contribution in [0.4, 0.5) is 0 Å². The van der Waals surface area contributed by atoms with Crippen molar-refractivity contribution in [3.05, 3.63) is 0 Å². The Hall–Kier alpha value is -1.41. The maximum Gasteiger partial charge on any atom is 0.220 e. The molecule has 126 valence electrons. The van der Waals surface area contributed by atoms with E-state index in [1.165, 1.54) is 25.7 Å². The van der Waals surface area contributed by atoms with Gasteiger partial charge in [-0.25, -0.2) is 0 Å². The number of nitrogens with zero attached hydrogens (tertiary/aromatic N) is 2. The molecule has 1 heterocycles. The van der Waals surface area contributed by atoms with Gasteiger partial charge in [0.1, 0.15) is 0 Å². The lowest BCUT2D eigenvalue weighted by Crippen LogP contribution is -2.63. The molecule has 0 aromatic heterocycles. The summed E-state index contributed by atoms with van der Waals surface area (Å²) in [7, 11) is 0. The molecule has 1 aliphatic heterocycles. The number of nitrogens with one attached hydrogen (secondary N) is 1. The maximum absolute atomic E-state index is 12.3. The summed E-state index contributed by atoms with van der Waals surface area (Å²) in [5.74, 6) is 2.74. The molecule has 23 heavy (non-hydrogen) atoms. The van der Waals surface area contributed by atoms with Crippen LogP contribution in [0.2, 0.25) is 0 Å². The van der Waals surface area contributed by atoms with Crippen LogP contribution in [0.1, 0.15) is 64.7 Å². The average molecular weight is 317 g/mol. The fourth-order valence-electron chi connectivity index (χ4n) is 4.34. The van der Waals surface area contributed by atoms with Gasteiger partial charge in [-0.05, 0) is 26.2 Å². The van der Waals surface area contributed by atoms with E-state index in [0.717, 1.165) is 19.4 Å².